The van der Waals surface area contributed by atoms with Gasteiger partial charge in [0.2, 0.25) is 0 Å². The maximum absolute atomic E-state index is 11.7. The molecule has 3 unspecified atom stereocenters. The van der Waals surface area contributed by atoms with Crippen molar-refractivity contribution >= 4 is 21.4 Å². The Balaban J connectivity index is 2.18. The van der Waals surface area contributed by atoms with E-state index in [0.29, 0.717) is 11.4 Å². The van der Waals surface area contributed by atoms with Crippen LogP contribution in [0.5, 0.6) is 0 Å². The number of hydrogen-bond donors (Lipinski definition) is 1. The van der Waals surface area contributed by atoms with E-state index >= 15 is 0 Å². The number of halogens is 1. The third-order valence-electron chi connectivity index (χ3n) is 4.37. The van der Waals surface area contributed by atoms with Crippen molar-refractivity contribution in [1.29, 1.82) is 0 Å². The lowest BCUT2D eigenvalue weighted by Gasteiger charge is -2.32. The van der Waals surface area contributed by atoms with E-state index < -0.39 is 9.84 Å². The first-order chi connectivity index (χ1) is 9.29. The van der Waals surface area contributed by atoms with Crippen molar-refractivity contribution in [2.24, 2.45) is 11.7 Å². The van der Waals surface area contributed by atoms with Crippen molar-refractivity contribution in [2.45, 2.75) is 43.9 Å². The van der Waals surface area contributed by atoms with E-state index in [9.17, 15) is 8.42 Å². The van der Waals surface area contributed by atoms with Gasteiger partial charge in [-0.05, 0) is 55.4 Å². The molecule has 1 saturated carbocycles. The molecule has 0 heterocycles. The van der Waals surface area contributed by atoms with Crippen LogP contribution in [0.3, 0.4) is 0 Å². The van der Waals surface area contributed by atoms with Gasteiger partial charge >= 0.3 is 0 Å². The summed E-state index contributed by atoms with van der Waals surface area (Å²) >= 11 is 5.97. The van der Waals surface area contributed by atoms with Gasteiger partial charge in [0.05, 0.1) is 5.25 Å². The summed E-state index contributed by atoms with van der Waals surface area (Å²) in [6.45, 7) is 2.00. The highest BCUT2D eigenvalue weighted by molar-refractivity contribution is 7.91. The Labute approximate surface area is 126 Å². The van der Waals surface area contributed by atoms with Crippen LogP contribution in [0.25, 0.3) is 0 Å². The van der Waals surface area contributed by atoms with Gasteiger partial charge in [-0.2, -0.15) is 0 Å². The number of benzene rings is 1. The van der Waals surface area contributed by atoms with E-state index in [1.165, 1.54) is 6.26 Å². The Bertz CT molecular complexity index is 586. The molecule has 1 aliphatic rings. The molecular formula is C15H22ClNO2S. The highest BCUT2D eigenvalue weighted by Gasteiger charge is 2.32. The maximum atomic E-state index is 11.7. The number of aryl methyl sites for hydroxylation is 1. The second kappa shape index (κ2) is 6.04. The van der Waals surface area contributed by atoms with Gasteiger partial charge in [0.1, 0.15) is 9.84 Å². The van der Waals surface area contributed by atoms with Crippen LogP contribution in [0.4, 0.5) is 0 Å². The van der Waals surface area contributed by atoms with Gasteiger partial charge < -0.3 is 5.73 Å². The van der Waals surface area contributed by atoms with Gasteiger partial charge in [-0.25, -0.2) is 8.42 Å². The minimum absolute atomic E-state index is 0.114. The number of rotatable bonds is 3. The molecule has 0 aliphatic heterocycles. The zero-order valence-corrected chi connectivity index (χ0v) is 13.5. The monoisotopic (exact) mass is 315 g/mol. The van der Waals surface area contributed by atoms with Crippen LogP contribution in [-0.4, -0.2) is 19.9 Å². The average Bonchev–Trinajstić information content (AvgIpc) is 2.37. The molecule has 1 aromatic rings. The quantitative estimate of drug-likeness (QED) is 0.931. The van der Waals surface area contributed by atoms with Gasteiger partial charge in [-0.15, -0.1) is 0 Å². The summed E-state index contributed by atoms with van der Waals surface area (Å²) in [7, 11) is -2.97. The first kappa shape index (κ1) is 15.8. The van der Waals surface area contributed by atoms with E-state index in [0.717, 1.165) is 30.4 Å². The topological polar surface area (TPSA) is 60.2 Å². The number of hydrogen-bond acceptors (Lipinski definition) is 3. The predicted molar refractivity (Wildman–Crippen MR) is 83.7 cm³/mol. The summed E-state index contributed by atoms with van der Waals surface area (Å²) in [6, 6.07) is 5.61. The number of sulfone groups is 1. The predicted octanol–water partition coefficient (Wildman–Crippen LogP) is 3.25. The summed E-state index contributed by atoms with van der Waals surface area (Å²) in [5.74, 6) is 0.225. The van der Waals surface area contributed by atoms with Crippen LogP contribution >= 0.6 is 11.6 Å². The highest BCUT2D eigenvalue weighted by atomic mass is 35.5. The van der Waals surface area contributed by atoms with Crippen LogP contribution in [0, 0.1) is 12.8 Å². The van der Waals surface area contributed by atoms with Crippen molar-refractivity contribution in [2.75, 3.05) is 6.26 Å². The van der Waals surface area contributed by atoms with Gasteiger partial charge in [-0.1, -0.05) is 24.1 Å². The Hall–Kier alpha value is -0.580. The fourth-order valence-corrected chi connectivity index (χ4v) is 4.58. The largest absolute Gasteiger partial charge is 0.324 e. The first-order valence-corrected chi connectivity index (χ1v) is 9.33. The molecule has 0 amide bonds. The van der Waals surface area contributed by atoms with Crippen molar-refractivity contribution in [3.8, 4) is 0 Å². The summed E-state index contributed by atoms with van der Waals surface area (Å²) in [6.07, 6.45) is 4.70. The molecule has 2 N–H and O–H groups in total. The van der Waals surface area contributed by atoms with Crippen LogP contribution in [0.1, 0.15) is 42.9 Å². The van der Waals surface area contributed by atoms with Gasteiger partial charge in [-0.3, -0.25) is 0 Å². The zero-order valence-electron chi connectivity index (χ0n) is 12.0. The second-order valence-electron chi connectivity index (χ2n) is 5.90. The van der Waals surface area contributed by atoms with Crippen LogP contribution < -0.4 is 5.73 Å². The normalized spacial score (nSPS) is 25.4. The van der Waals surface area contributed by atoms with Gasteiger partial charge in [0, 0.05) is 17.3 Å². The molecule has 1 aromatic carbocycles. The fraction of sp³-hybridized carbons (Fsp3) is 0.600. The molecule has 5 heteroatoms. The molecule has 3 atom stereocenters. The summed E-state index contributed by atoms with van der Waals surface area (Å²) < 4.78 is 23.5. The molecule has 112 valence electrons. The van der Waals surface area contributed by atoms with Crippen molar-refractivity contribution in [3.63, 3.8) is 0 Å². The second-order valence-corrected chi connectivity index (χ2v) is 8.67. The van der Waals surface area contributed by atoms with Crippen LogP contribution in [0.2, 0.25) is 5.02 Å². The molecule has 3 nitrogen and oxygen atoms in total. The lowest BCUT2D eigenvalue weighted by molar-refractivity contribution is 0.308. The Morgan fingerprint density at radius 1 is 1.35 bits per heavy atom. The Kier molecular flexibility index (Phi) is 4.77. The molecule has 0 bridgehead atoms. The van der Waals surface area contributed by atoms with Crippen molar-refractivity contribution in [1.82, 2.24) is 0 Å². The van der Waals surface area contributed by atoms with E-state index in [1.54, 1.807) is 0 Å². The SMILES string of the molecule is Cc1cc(Cl)ccc1C(N)C1CCCC(S(C)(=O)=O)C1. The van der Waals surface area contributed by atoms with E-state index in [-0.39, 0.29) is 17.2 Å². The minimum Gasteiger partial charge on any atom is -0.324 e. The first-order valence-electron chi connectivity index (χ1n) is 6.99. The van der Waals surface area contributed by atoms with E-state index in [2.05, 4.69) is 0 Å². The minimum atomic E-state index is -2.97. The van der Waals surface area contributed by atoms with E-state index in [1.807, 2.05) is 25.1 Å². The molecule has 1 aliphatic carbocycles. The molecule has 2 rings (SSSR count). The average molecular weight is 316 g/mol. The van der Waals surface area contributed by atoms with E-state index in [4.69, 9.17) is 17.3 Å². The smallest absolute Gasteiger partial charge is 0.150 e. The summed E-state index contributed by atoms with van der Waals surface area (Å²) in [4.78, 5) is 0. The summed E-state index contributed by atoms with van der Waals surface area (Å²) in [5.41, 5.74) is 8.54. The molecular weight excluding hydrogens is 294 g/mol. The van der Waals surface area contributed by atoms with Gasteiger partial charge in [0.15, 0.2) is 0 Å². The third kappa shape index (κ3) is 3.54. The molecule has 0 spiro atoms. The Morgan fingerprint density at radius 3 is 2.65 bits per heavy atom. The molecule has 0 saturated heterocycles. The van der Waals surface area contributed by atoms with Crippen molar-refractivity contribution in [3.05, 3.63) is 34.3 Å². The molecule has 20 heavy (non-hydrogen) atoms. The third-order valence-corrected chi connectivity index (χ3v) is 6.25. The van der Waals surface area contributed by atoms with Crippen molar-refractivity contribution < 1.29 is 8.42 Å². The maximum Gasteiger partial charge on any atom is 0.150 e. The van der Waals surface area contributed by atoms with Gasteiger partial charge in [0.25, 0.3) is 0 Å². The summed E-state index contributed by atoms with van der Waals surface area (Å²) in [5, 5.41) is 0.469. The molecule has 1 fully saturated rings. The fourth-order valence-electron chi connectivity index (χ4n) is 3.16. The highest BCUT2D eigenvalue weighted by Crippen LogP contribution is 2.36. The molecule has 0 radical (unpaired) electrons. The Morgan fingerprint density at radius 2 is 2.05 bits per heavy atom. The molecule has 0 aromatic heterocycles. The number of nitrogens with two attached hydrogens (primary N) is 1. The standard InChI is InChI=1S/C15H22ClNO2S/c1-10-8-12(16)6-7-14(10)15(17)11-4-3-5-13(9-11)20(2,18)19/h6-8,11,13,15H,3-5,9,17H2,1-2H3. The van der Waals surface area contributed by atoms with Crippen LogP contribution in [-0.2, 0) is 9.84 Å². The van der Waals surface area contributed by atoms with Crippen LogP contribution in [0.15, 0.2) is 18.2 Å². The zero-order chi connectivity index (χ0) is 14.9. The lowest BCUT2D eigenvalue weighted by atomic mass is 9.80. The lowest BCUT2D eigenvalue weighted by Crippen LogP contribution is -2.33.